The maximum atomic E-state index is 14.2. The van der Waals surface area contributed by atoms with E-state index in [4.69, 9.17) is 32.2 Å². The lowest BCUT2D eigenvalue weighted by molar-refractivity contribution is -0.192. The molecule has 0 aromatic rings. The van der Waals surface area contributed by atoms with Gasteiger partial charge in [0.25, 0.3) is 0 Å². The first-order chi connectivity index (χ1) is 42.1. The molecule has 0 fully saturated rings. The molecule has 0 heterocycles. The number of nitrogens with one attached hydrogen (secondary N) is 9. The number of aliphatic carboxylic acids is 6. The molecule has 11 unspecified atom stereocenters. The Morgan fingerprint density at radius 1 is 0.429 bits per heavy atom. The summed E-state index contributed by atoms with van der Waals surface area (Å²) in [5.74, 6) is -22.4. The minimum Gasteiger partial charge on any atom is -0.481 e. The standard InChI is InChI=1S/C51H86N12O21.C2HF3O2/c1-7-26(6)41(63-48(80)32(20-24(2)3)59-43(75)28(10-8-9-19-52)56-44(76)29(12-15-36(54)65)55-42(74)27(53)11-16-37(66)67)50(82)62-35(23-64)49(81)58-30(13-17-38(68)69)45(77)57-31(14-18-39(70)71)46(78)60-33(22-40(72)73)47(79)61-34(51(83)84)21-25(4)5;3-2(4,5)1(6)7/h24-35,41,64H,7-23,52-53H2,1-6H3,(H2,54,65)(H,55,74)(H,56,76)(H,57,77)(H,58,81)(H,59,75)(H,60,78)(H,61,79)(H,62,82)(H,63,80)(H,66,67)(H,68,69)(H,70,71)(H,72,73)(H,83,84);(H,6,7). The Morgan fingerprint density at radius 2 is 0.769 bits per heavy atom. The Balaban J connectivity index is 0. The molecule has 22 N–H and O–H groups in total. The molecule has 0 radical (unpaired) electrons. The zero-order valence-corrected chi connectivity index (χ0v) is 51.1. The minimum absolute atomic E-state index is 0.0624. The maximum absolute atomic E-state index is 14.2. The van der Waals surface area contributed by atoms with E-state index in [1.807, 2.05) is 0 Å². The summed E-state index contributed by atoms with van der Waals surface area (Å²) in [5.41, 5.74) is 16.8. The molecule has 0 aromatic heterocycles. The van der Waals surface area contributed by atoms with E-state index in [9.17, 15) is 111 Å². The minimum atomic E-state index is -5.08. The first kappa shape index (κ1) is 84.3. The summed E-state index contributed by atoms with van der Waals surface area (Å²) in [4.78, 5) is 202. The molecule has 0 aliphatic heterocycles. The van der Waals surface area contributed by atoms with Crippen LogP contribution in [0, 0.1) is 17.8 Å². The van der Waals surface area contributed by atoms with Crippen LogP contribution < -0.4 is 65.1 Å². The van der Waals surface area contributed by atoms with Crippen LogP contribution >= 0.6 is 0 Å². The molecule has 35 nitrogen and oxygen atoms in total. The van der Waals surface area contributed by atoms with Gasteiger partial charge in [0, 0.05) is 25.7 Å². The van der Waals surface area contributed by atoms with Crippen LogP contribution in [0.3, 0.4) is 0 Å². The van der Waals surface area contributed by atoms with Gasteiger partial charge in [-0.25, -0.2) is 9.59 Å². The lowest BCUT2D eigenvalue weighted by atomic mass is 9.96. The van der Waals surface area contributed by atoms with E-state index in [0.29, 0.717) is 6.42 Å². The third kappa shape index (κ3) is 36.4. The topological polar surface area (TPSA) is 601 Å². The molecule has 0 saturated carbocycles. The predicted molar refractivity (Wildman–Crippen MR) is 306 cm³/mol. The number of rotatable bonds is 44. The van der Waals surface area contributed by atoms with E-state index in [1.165, 1.54) is 6.92 Å². The maximum Gasteiger partial charge on any atom is 0.490 e. The quantitative estimate of drug-likeness (QED) is 0.0259. The molecule has 11 atom stereocenters. The molecule has 0 aliphatic rings. The van der Waals surface area contributed by atoms with Crippen LogP contribution in [0.25, 0.3) is 0 Å². The molecule has 518 valence electrons. The molecule has 10 amide bonds. The average Bonchev–Trinajstić information content (AvgIpc) is 1.56. The van der Waals surface area contributed by atoms with Crippen molar-refractivity contribution in [3.63, 3.8) is 0 Å². The van der Waals surface area contributed by atoms with Gasteiger partial charge in [0.05, 0.1) is 19.1 Å². The summed E-state index contributed by atoms with van der Waals surface area (Å²) >= 11 is 0. The average molecular weight is 1320 g/mol. The van der Waals surface area contributed by atoms with Crippen LogP contribution in [0.4, 0.5) is 13.2 Å². The van der Waals surface area contributed by atoms with Crippen LogP contribution in [-0.2, 0) is 76.7 Å². The Bertz CT molecular complexity index is 2530. The van der Waals surface area contributed by atoms with Gasteiger partial charge in [-0.2, -0.15) is 13.2 Å². The SMILES string of the molecule is CCC(C)C(NC(=O)C(CC(C)C)NC(=O)C(CCCCN)NC(=O)C(CCC(N)=O)NC(=O)C(N)CCC(=O)O)C(=O)NC(CO)C(=O)NC(CCC(=O)O)C(=O)NC(CCC(=O)O)C(=O)NC(CC(=O)O)C(=O)NC(CC(C)C)C(=O)O.O=C(O)C(F)(F)F. The number of halogens is 3. The molecule has 0 spiro atoms. The Morgan fingerprint density at radius 3 is 1.14 bits per heavy atom. The van der Waals surface area contributed by atoms with Crippen molar-refractivity contribution in [1.29, 1.82) is 0 Å². The number of unbranched alkanes of at least 4 members (excludes halogenated alkanes) is 1. The second kappa shape index (κ2) is 43.0. The zero-order chi connectivity index (χ0) is 70.6. The van der Waals surface area contributed by atoms with Crippen molar-refractivity contribution in [2.45, 2.75) is 204 Å². The fraction of sp³-hybridized carbons (Fsp3) is 0.698. The smallest absolute Gasteiger partial charge is 0.481 e. The Kier molecular flexibility index (Phi) is 39.8. The van der Waals surface area contributed by atoms with E-state index in [2.05, 4.69) is 47.9 Å². The zero-order valence-electron chi connectivity index (χ0n) is 51.1. The Hall–Kier alpha value is -8.81. The molecule has 0 rings (SSSR count). The number of hydrogen-bond acceptors (Lipinski definition) is 19. The van der Waals surface area contributed by atoms with E-state index in [-0.39, 0.29) is 63.3 Å². The number of primary amides is 1. The molecule has 38 heteroatoms. The molecule has 91 heavy (non-hydrogen) atoms. The summed E-state index contributed by atoms with van der Waals surface area (Å²) < 4.78 is 31.7. The summed E-state index contributed by atoms with van der Waals surface area (Å²) in [7, 11) is 0. The summed E-state index contributed by atoms with van der Waals surface area (Å²) in [6.07, 6.45) is -10.3. The van der Waals surface area contributed by atoms with Gasteiger partial charge >= 0.3 is 42.0 Å². The van der Waals surface area contributed by atoms with Gasteiger partial charge in [0.2, 0.25) is 59.1 Å². The highest BCUT2D eigenvalue weighted by Gasteiger charge is 2.39. The first-order valence-corrected chi connectivity index (χ1v) is 28.6. The number of hydrogen-bond donors (Lipinski definition) is 19. The molecular weight excluding hydrogens is 1230 g/mol. The van der Waals surface area contributed by atoms with Crippen LogP contribution in [-0.4, -0.2) is 210 Å². The number of carboxylic acid groups (broad SMARTS) is 6. The van der Waals surface area contributed by atoms with Crippen molar-refractivity contribution in [2.24, 2.45) is 35.0 Å². The first-order valence-electron chi connectivity index (χ1n) is 28.6. The van der Waals surface area contributed by atoms with Crippen LogP contribution in [0.2, 0.25) is 0 Å². The lowest BCUT2D eigenvalue weighted by Gasteiger charge is -2.30. The van der Waals surface area contributed by atoms with E-state index < -0.39 is 219 Å². The second-order valence-electron chi connectivity index (χ2n) is 21.7. The number of aliphatic hydroxyl groups is 1. The van der Waals surface area contributed by atoms with E-state index in [1.54, 1.807) is 34.6 Å². The number of aliphatic hydroxyl groups excluding tert-OH is 1. The highest BCUT2D eigenvalue weighted by molar-refractivity contribution is 5.99. The third-order valence-corrected chi connectivity index (χ3v) is 13.0. The predicted octanol–water partition coefficient (Wildman–Crippen LogP) is -4.01. The van der Waals surface area contributed by atoms with Gasteiger partial charge in [-0.3, -0.25) is 67.1 Å². The van der Waals surface area contributed by atoms with Crippen molar-refractivity contribution in [3.05, 3.63) is 0 Å². The molecule has 0 aromatic carbocycles. The van der Waals surface area contributed by atoms with Crippen molar-refractivity contribution < 1.29 is 126 Å². The molecule has 0 aliphatic carbocycles. The largest absolute Gasteiger partial charge is 0.490 e. The van der Waals surface area contributed by atoms with Gasteiger partial charge in [0.1, 0.15) is 54.4 Å². The summed E-state index contributed by atoms with van der Waals surface area (Å²) in [6.45, 7) is 8.84. The fourth-order valence-corrected chi connectivity index (χ4v) is 7.90. The highest BCUT2D eigenvalue weighted by atomic mass is 19.4. The van der Waals surface area contributed by atoms with Crippen LogP contribution in [0.1, 0.15) is 138 Å². The molecule has 0 bridgehead atoms. The van der Waals surface area contributed by atoms with Gasteiger partial charge in [0.15, 0.2) is 0 Å². The van der Waals surface area contributed by atoms with Crippen molar-refractivity contribution in [1.82, 2.24) is 47.9 Å². The summed E-state index contributed by atoms with van der Waals surface area (Å²) in [5, 5.41) is 85.3. The Labute approximate surface area is 519 Å². The van der Waals surface area contributed by atoms with Crippen molar-refractivity contribution in [3.8, 4) is 0 Å². The van der Waals surface area contributed by atoms with Crippen LogP contribution in [0.5, 0.6) is 0 Å². The summed E-state index contributed by atoms with van der Waals surface area (Å²) in [6, 6.07) is -16.5. The third-order valence-electron chi connectivity index (χ3n) is 13.0. The monoisotopic (exact) mass is 1320 g/mol. The number of nitrogens with two attached hydrogens (primary N) is 3. The number of carboxylic acids is 6. The van der Waals surface area contributed by atoms with E-state index >= 15 is 0 Å². The van der Waals surface area contributed by atoms with E-state index in [0.717, 1.165) is 0 Å². The van der Waals surface area contributed by atoms with Crippen molar-refractivity contribution >= 4 is 94.9 Å². The number of alkyl halides is 3. The highest BCUT2D eigenvalue weighted by Crippen LogP contribution is 2.15. The normalized spacial score (nSPS) is 14.7. The van der Waals surface area contributed by atoms with Gasteiger partial charge in [-0.05, 0) is 82.1 Å². The number of carbonyl (C=O) groups is 16. The fourth-order valence-electron chi connectivity index (χ4n) is 7.90. The van der Waals surface area contributed by atoms with Gasteiger partial charge in [-0.1, -0.05) is 48.0 Å². The second-order valence-corrected chi connectivity index (χ2v) is 21.7. The van der Waals surface area contributed by atoms with Crippen LogP contribution in [0.15, 0.2) is 0 Å². The number of amides is 10. The van der Waals surface area contributed by atoms with Gasteiger partial charge in [-0.15, -0.1) is 0 Å². The molecule has 0 saturated heterocycles. The van der Waals surface area contributed by atoms with Crippen molar-refractivity contribution in [2.75, 3.05) is 13.2 Å². The molecular formula is C53H87F3N12O23. The number of carbonyl (C=O) groups excluding carboxylic acids is 10. The van der Waals surface area contributed by atoms with Gasteiger partial charge < -0.3 is 101 Å². The lowest BCUT2D eigenvalue weighted by Crippen LogP contribution is -2.62.